The molecule has 1 saturated carbocycles. The Kier molecular flexibility index (Phi) is 4.94. The molecule has 1 aromatic carbocycles. The topological polar surface area (TPSA) is 46.6 Å². The third-order valence-electron chi connectivity index (χ3n) is 4.44. The Bertz CT molecular complexity index is 604. The zero-order chi connectivity index (χ0) is 15.6. The maximum Gasteiger partial charge on any atom is 0.243 e. The number of ether oxygens (including phenoxy) is 1. The van der Waals surface area contributed by atoms with Crippen molar-refractivity contribution in [3.05, 3.63) is 23.3 Å². The molecule has 4 nitrogen and oxygen atoms in total. The molecule has 0 aromatic heterocycles. The third kappa shape index (κ3) is 3.24. The standard InChI is InChI=1S/C16H25NO3S/c1-12-11-16(13(2)10-15(12)20-4)21(18,19)17(3)14-8-6-5-7-9-14/h10-11,14H,5-9H2,1-4H3. The Morgan fingerprint density at radius 3 is 2.29 bits per heavy atom. The highest BCUT2D eigenvalue weighted by molar-refractivity contribution is 7.89. The van der Waals surface area contributed by atoms with E-state index in [1.54, 1.807) is 30.6 Å². The van der Waals surface area contributed by atoms with Crippen LogP contribution in [0.5, 0.6) is 5.75 Å². The van der Waals surface area contributed by atoms with Crippen LogP contribution in [0.25, 0.3) is 0 Å². The van der Waals surface area contributed by atoms with Gasteiger partial charge >= 0.3 is 0 Å². The summed E-state index contributed by atoms with van der Waals surface area (Å²) in [6, 6.07) is 3.66. The van der Waals surface area contributed by atoms with Crippen LogP contribution in [0.1, 0.15) is 43.2 Å². The summed E-state index contributed by atoms with van der Waals surface area (Å²) in [5.74, 6) is 0.728. The lowest BCUT2D eigenvalue weighted by Gasteiger charge is -2.31. The van der Waals surface area contributed by atoms with Crippen LogP contribution < -0.4 is 4.74 Å². The Labute approximate surface area is 128 Å². The van der Waals surface area contributed by atoms with Gasteiger partial charge in [-0.25, -0.2) is 8.42 Å². The van der Waals surface area contributed by atoms with Crippen molar-refractivity contribution in [2.45, 2.75) is 56.9 Å². The summed E-state index contributed by atoms with van der Waals surface area (Å²) in [5.41, 5.74) is 1.58. The second-order valence-electron chi connectivity index (χ2n) is 5.90. The largest absolute Gasteiger partial charge is 0.496 e. The maximum absolute atomic E-state index is 12.9. The van der Waals surface area contributed by atoms with Crippen molar-refractivity contribution in [3.63, 3.8) is 0 Å². The highest BCUT2D eigenvalue weighted by Gasteiger charge is 2.30. The zero-order valence-corrected chi connectivity index (χ0v) is 14.2. The van der Waals surface area contributed by atoms with Crippen LogP contribution in [-0.2, 0) is 10.0 Å². The van der Waals surface area contributed by atoms with Gasteiger partial charge in [0.2, 0.25) is 10.0 Å². The Hall–Kier alpha value is -1.07. The van der Waals surface area contributed by atoms with Crippen LogP contribution >= 0.6 is 0 Å². The molecule has 0 saturated heterocycles. The molecule has 0 aliphatic heterocycles. The van der Waals surface area contributed by atoms with Gasteiger partial charge in [0.25, 0.3) is 0 Å². The van der Waals surface area contributed by atoms with Gasteiger partial charge in [-0.05, 0) is 49.9 Å². The summed E-state index contributed by atoms with van der Waals surface area (Å²) >= 11 is 0. The molecule has 118 valence electrons. The third-order valence-corrected chi connectivity index (χ3v) is 6.49. The molecule has 1 aliphatic rings. The molecule has 0 atom stereocenters. The van der Waals surface area contributed by atoms with Gasteiger partial charge in [-0.2, -0.15) is 4.31 Å². The minimum Gasteiger partial charge on any atom is -0.496 e. The van der Waals surface area contributed by atoms with E-state index in [0.29, 0.717) is 4.90 Å². The lowest BCUT2D eigenvalue weighted by Crippen LogP contribution is -2.38. The average molecular weight is 311 g/mol. The fourth-order valence-electron chi connectivity index (χ4n) is 3.06. The molecule has 21 heavy (non-hydrogen) atoms. The number of sulfonamides is 1. The highest BCUT2D eigenvalue weighted by Crippen LogP contribution is 2.30. The van der Waals surface area contributed by atoms with Crippen molar-refractivity contribution in [1.82, 2.24) is 4.31 Å². The number of benzene rings is 1. The lowest BCUT2D eigenvalue weighted by molar-refractivity contribution is 0.285. The van der Waals surface area contributed by atoms with Gasteiger partial charge in [-0.1, -0.05) is 19.3 Å². The molecule has 1 fully saturated rings. The molecule has 2 rings (SSSR count). The highest BCUT2D eigenvalue weighted by atomic mass is 32.2. The van der Waals surface area contributed by atoms with Crippen LogP contribution in [0.4, 0.5) is 0 Å². The van der Waals surface area contributed by atoms with Crippen molar-refractivity contribution in [2.75, 3.05) is 14.2 Å². The van der Waals surface area contributed by atoms with Crippen molar-refractivity contribution >= 4 is 10.0 Å². The van der Waals surface area contributed by atoms with Gasteiger partial charge in [0.05, 0.1) is 12.0 Å². The molecule has 0 unspecified atom stereocenters. The summed E-state index contributed by atoms with van der Waals surface area (Å²) in [7, 11) is -0.125. The van der Waals surface area contributed by atoms with E-state index in [4.69, 9.17) is 4.74 Å². The van der Waals surface area contributed by atoms with Crippen molar-refractivity contribution in [2.24, 2.45) is 0 Å². The molecule has 0 spiro atoms. The number of hydrogen-bond acceptors (Lipinski definition) is 3. The predicted molar refractivity (Wildman–Crippen MR) is 84.3 cm³/mol. The molecule has 1 aromatic rings. The van der Waals surface area contributed by atoms with Crippen molar-refractivity contribution < 1.29 is 13.2 Å². The Balaban J connectivity index is 2.36. The smallest absolute Gasteiger partial charge is 0.243 e. The fourth-order valence-corrected chi connectivity index (χ4v) is 4.76. The zero-order valence-electron chi connectivity index (χ0n) is 13.3. The lowest BCUT2D eigenvalue weighted by atomic mass is 9.96. The first-order valence-electron chi connectivity index (χ1n) is 7.51. The molecule has 0 heterocycles. The number of hydrogen-bond donors (Lipinski definition) is 0. The maximum atomic E-state index is 12.9. The van der Waals surface area contributed by atoms with Crippen LogP contribution in [0, 0.1) is 13.8 Å². The van der Waals surface area contributed by atoms with E-state index in [0.717, 1.165) is 42.6 Å². The molecular weight excluding hydrogens is 286 g/mol. The number of nitrogens with zero attached hydrogens (tertiary/aromatic N) is 1. The molecule has 0 bridgehead atoms. The predicted octanol–water partition coefficient (Wildman–Crippen LogP) is 3.27. The van der Waals surface area contributed by atoms with E-state index in [9.17, 15) is 8.42 Å². The van der Waals surface area contributed by atoms with E-state index in [-0.39, 0.29) is 6.04 Å². The molecule has 0 amide bonds. The summed E-state index contributed by atoms with van der Waals surface area (Å²) in [4.78, 5) is 0.397. The van der Waals surface area contributed by atoms with Crippen LogP contribution in [0.3, 0.4) is 0 Å². The van der Waals surface area contributed by atoms with Crippen molar-refractivity contribution in [1.29, 1.82) is 0 Å². The summed E-state index contributed by atoms with van der Waals surface area (Å²) in [6.45, 7) is 3.70. The number of rotatable bonds is 4. The first kappa shape index (κ1) is 16.3. The van der Waals surface area contributed by atoms with Crippen LogP contribution in [0.15, 0.2) is 17.0 Å². The van der Waals surface area contributed by atoms with Gasteiger partial charge < -0.3 is 4.74 Å². The van der Waals surface area contributed by atoms with E-state index in [1.807, 2.05) is 13.8 Å². The quantitative estimate of drug-likeness (QED) is 0.857. The summed E-state index contributed by atoms with van der Waals surface area (Å²) in [6.07, 6.45) is 5.37. The van der Waals surface area contributed by atoms with E-state index in [2.05, 4.69) is 0 Å². The normalized spacial score (nSPS) is 17.2. The number of methoxy groups -OCH3 is 1. The number of aryl methyl sites for hydroxylation is 2. The Morgan fingerprint density at radius 2 is 1.71 bits per heavy atom. The summed E-state index contributed by atoms with van der Waals surface area (Å²) in [5, 5.41) is 0. The Morgan fingerprint density at radius 1 is 1.10 bits per heavy atom. The van der Waals surface area contributed by atoms with Gasteiger partial charge in [0.15, 0.2) is 0 Å². The fraction of sp³-hybridized carbons (Fsp3) is 0.625. The monoisotopic (exact) mass is 311 g/mol. The van der Waals surface area contributed by atoms with E-state index >= 15 is 0 Å². The first-order chi connectivity index (χ1) is 9.87. The molecular formula is C16H25NO3S. The van der Waals surface area contributed by atoms with Crippen LogP contribution in [-0.4, -0.2) is 32.9 Å². The summed E-state index contributed by atoms with van der Waals surface area (Å²) < 4.78 is 32.6. The molecule has 0 radical (unpaired) electrons. The average Bonchev–Trinajstić information content (AvgIpc) is 2.49. The minimum absolute atomic E-state index is 0.130. The van der Waals surface area contributed by atoms with Gasteiger partial charge in [-0.3, -0.25) is 0 Å². The van der Waals surface area contributed by atoms with Gasteiger partial charge in [-0.15, -0.1) is 0 Å². The van der Waals surface area contributed by atoms with E-state index < -0.39 is 10.0 Å². The second-order valence-corrected chi connectivity index (χ2v) is 7.87. The van der Waals surface area contributed by atoms with Gasteiger partial charge in [0, 0.05) is 13.1 Å². The second kappa shape index (κ2) is 6.36. The molecule has 0 N–H and O–H groups in total. The van der Waals surface area contributed by atoms with Crippen LogP contribution in [0.2, 0.25) is 0 Å². The van der Waals surface area contributed by atoms with Gasteiger partial charge in [0.1, 0.15) is 5.75 Å². The first-order valence-corrected chi connectivity index (χ1v) is 8.95. The van der Waals surface area contributed by atoms with E-state index in [1.165, 1.54) is 6.42 Å². The minimum atomic E-state index is -3.44. The molecule has 5 heteroatoms. The SMILES string of the molecule is COc1cc(C)c(S(=O)(=O)N(C)C2CCCCC2)cc1C. The van der Waals surface area contributed by atoms with Crippen molar-refractivity contribution in [3.8, 4) is 5.75 Å². The molecule has 1 aliphatic carbocycles.